The van der Waals surface area contributed by atoms with E-state index in [1.807, 2.05) is 0 Å². The van der Waals surface area contributed by atoms with Crippen LogP contribution in [0.4, 0.5) is 24.5 Å². The summed E-state index contributed by atoms with van der Waals surface area (Å²) in [6.07, 6.45) is 0.545. The molecular weight excluding hydrogens is 474 g/mol. The first-order chi connectivity index (χ1) is 15.6. The number of alkyl halides is 3. The monoisotopic (exact) mass is 499 g/mol. The minimum atomic E-state index is -4.48. The lowest BCUT2D eigenvalue weighted by Gasteiger charge is -2.30. The van der Waals surface area contributed by atoms with E-state index < -0.39 is 17.6 Å². The van der Waals surface area contributed by atoms with Gasteiger partial charge in [-0.1, -0.05) is 36.2 Å². The molecule has 1 heterocycles. The van der Waals surface area contributed by atoms with Gasteiger partial charge in [0, 0.05) is 29.9 Å². The van der Waals surface area contributed by atoms with Gasteiger partial charge in [0.2, 0.25) is 5.91 Å². The van der Waals surface area contributed by atoms with Crippen LogP contribution in [-0.2, 0) is 11.0 Å². The molecule has 0 aromatic heterocycles. The predicted molar refractivity (Wildman–Crippen MR) is 129 cm³/mol. The molecule has 1 aliphatic heterocycles. The molecule has 2 aromatic carbocycles. The molecule has 1 aliphatic rings. The van der Waals surface area contributed by atoms with Crippen LogP contribution in [0.15, 0.2) is 42.5 Å². The van der Waals surface area contributed by atoms with Crippen molar-refractivity contribution in [2.24, 2.45) is 5.92 Å². The molecule has 0 spiro atoms. The highest BCUT2D eigenvalue weighted by Gasteiger charge is 2.30. The lowest BCUT2D eigenvalue weighted by Crippen LogP contribution is -2.36. The lowest BCUT2D eigenvalue weighted by molar-refractivity contribution is -0.137. The first-order valence-corrected chi connectivity index (χ1v) is 11.5. The van der Waals surface area contributed by atoms with Gasteiger partial charge in [0.1, 0.15) is 0 Å². The Balaban J connectivity index is 1.51. The normalized spacial score (nSPS) is 15.7. The second-order valence-corrected chi connectivity index (χ2v) is 9.02. The number of hydrogen-bond donors (Lipinski definition) is 2. The van der Waals surface area contributed by atoms with E-state index in [0.717, 1.165) is 49.9 Å². The number of anilines is 2. The van der Waals surface area contributed by atoms with Gasteiger partial charge in [-0.25, -0.2) is 0 Å². The molecule has 178 valence electrons. The van der Waals surface area contributed by atoms with E-state index in [1.54, 1.807) is 18.2 Å². The van der Waals surface area contributed by atoms with Gasteiger partial charge in [-0.05, 0) is 73.8 Å². The highest BCUT2D eigenvalue weighted by molar-refractivity contribution is 6.33. The summed E-state index contributed by atoms with van der Waals surface area (Å²) in [6.45, 7) is 6.24. The van der Waals surface area contributed by atoms with Gasteiger partial charge in [0.15, 0.2) is 0 Å². The highest BCUT2D eigenvalue weighted by atomic mass is 35.5. The second-order valence-electron chi connectivity index (χ2n) is 8.20. The SMILES string of the molecule is CC1CCN(CCNc2ccc(NC(=O)/C=C/c3ccc(C(F)(F)F)cc3Cl)cc2Cl)CC1. The number of carbonyl (C=O) groups excluding carboxylic acids is 1. The Morgan fingerprint density at radius 2 is 1.85 bits per heavy atom. The zero-order valence-corrected chi connectivity index (χ0v) is 19.7. The summed E-state index contributed by atoms with van der Waals surface area (Å²) in [5.74, 6) is 0.343. The van der Waals surface area contributed by atoms with Gasteiger partial charge < -0.3 is 15.5 Å². The number of rotatable bonds is 7. The van der Waals surface area contributed by atoms with Crippen molar-refractivity contribution in [1.82, 2.24) is 4.90 Å². The summed E-state index contributed by atoms with van der Waals surface area (Å²) in [4.78, 5) is 14.6. The van der Waals surface area contributed by atoms with E-state index in [-0.39, 0.29) is 5.02 Å². The average Bonchev–Trinajstić information content (AvgIpc) is 2.75. The van der Waals surface area contributed by atoms with Gasteiger partial charge in [-0.15, -0.1) is 0 Å². The topological polar surface area (TPSA) is 44.4 Å². The van der Waals surface area contributed by atoms with Crippen molar-refractivity contribution in [2.75, 3.05) is 36.8 Å². The summed E-state index contributed by atoms with van der Waals surface area (Å²) in [5.41, 5.74) is 0.749. The smallest absolute Gasteiger partial charge is 0.383 e. The average molecular weight is 500 g/mol. The van der Waals surface area contributed by atoms with Crippen molar-refractivity contribution in [3.05, 3.63) is 63.6 Å². The maximum atomic E-state index is 12.7. The van der Waals surface area contributed by atoms with Crippen molar-refractivity contribution in [1.29, 1.82) is 0 Å². The van der Waals surface area contributed by atoms with Gasteiger partial charge in [0.05, 0.1) is 16.3 Å². The Hall–Kier alpha value is -2.22. The third-order valence-corrected chi connectivity index (χ3v) is 6.24. The highest BCUT2D eigenvalue weighted by Crippen LogP contribution is 2.32. The van der Waals surface area contributed by atoms with Crippen molar-refractivity contribution >= 4 is 46.6 Å². The number of halogens is 5. The Morgan fingerprint density at radius 3 is 2.48 bits per heavy atom. The molecule has 0 radical (unpaired) electrons. The van der Waals surface area contributed by atoms with Crippen LogP contribution in [-0.4, -0.2) is 37.0 Å². The second kappa shape index (κ2) is 11.3. The van der Waals surface area contributed by atoms with Crippen molar-refractivity contribution in [3.8, 4) is 0 Å². The number of benzene rings is 2. The van der Waals surface area contributed by atoms with Crippen LogP contribution in [0.25, 0.3) is 6.08 Å². The molecule has 0 atom stereocenters. The molecule has 1 saturated heterocycles. The zero-order chi connectivity index (χ0) is 24.0. The van der Waals surface area contributed by atoms with E-state index in [1.165, 1.54) is 31.1 Å². The molecule has 33 heavy (non-hydrogen) atoms. The van der Waals surface area contributed by atoms with Gasteiger partial charge >= 0.3 is 6.18 Å². The number of carbonyl (C=O) groups is 1. The number of hydrogen-bond acceptors (Lipinski definition) is 3. The minimum Gasteiger partial charge on any atom is -0.383 e. The van der Waals surface area contributed by atoms with Crippen LogP contribution in [0.1, 0.15) is 30.9 Å². The van der Waals surface area contributed by atoms with Gasteiger partial charge in [0.25, 0.3) is 0 Å². The number of piperidine rings is 1. The maximum Gasteiger partial charge on any atom is 0.416 e. The fraction of sp³-hybridized carbons (Fsp3) is 0.375. The van der Waals surface area contributed by atoms with E-state index >= 15 is 0 Å². The number of nitrogens with zero attached hydrogens (tertiary/aromatic N) is 1. The van der Waals surface area contributed by atoms with Crippen LogP contribution < -0.4 is 10.6 Å². The van der Waals surface area contributed by atoms with Crippen LogP contribution in [0.3, 0.4) is 0 Å². The number of likely N-dealkylation sites (tertiary alicyclic amines) is 1. The molecule has 0 bridgehead atoms. The molecule has 0 aliphatic carbocycles. The zero-order valence-electron chi connectivity index (χ0n) is 18.2. The van der Waals surface area contributed by atoms with Gasteiger partial charge in [-0.3, -0.25) is 4.79 Å². The van der Waals surface area contributed by atoms with Crippen LogP contribution in [0, 0.1) is 5.92 Å². The minimum absolute atomic E-state index is 0.0913. The molecule has 4 nitrogen and oxygen atoms in total. The fourth-order valence-corrected chi connectivity index (χ4v) is 4.05. The number of amides is 1. The molecule has 0 unspecified atom stereocenters. The van der Waals surface area contributed by atoms with E-state index in [9.17, 15) is 18.0 Å². The summed E-state index contributed by atoms with van der Waals surface area (Å²) in [6, 6.07) is 8.14. The van der Waals surface area contributed by atoms with E-state index in [2.05, 4.69) is 22.5 Å². The molecule has 9 heteroatoms. The molecule has 1 fully saturated rings. The third kappa shape index (κ3) is 7.66. The third-order valence-electron chi connectivity index (χ3n) is 5.60. The summed E-state index contributed by atoms with van der Waals surface area (Å²) in [5, 5.41) is 6.39. The van der Waals surface area contributed by atoms with E-state index in [0.29, 0.717) is 16.3 Å². The maximum absolute atomic E-state index is 12.7. The largest absolute Gasteiger partial charge is 0.416 e. The molecule has 3 rings (SSSR count). The van der Waals surface area contributed by atoms with Crippen LogP contribution >= 0.6 is 23.2 Å². The first kappa shape index (κ1) is 25.4. The van der Waals surface area contributed by atoms with Crippen molar-refractivity contribution < 1.29 is 18.0 Å². The molecule has 1 amide bonds. The van der Waals surface area contributed by atoms with Crippen LogP contribution in [0.5, 0.6) is 0 Å². The Labute approximate surface area is 201 Å². The Morgan fingerprint density at radius 1 is 1.12 bits per heavy atom. The Bertz CT molecular complexity index is 1000. The van der Waals surface area contributed by atoms with Crippen molar-refractivity contribution in [3.63, 3.8) is 0 Å². The van der Waals surface area contributed by atoms with E-state index in [4.69, 9.17) is 23.2 Å². The first-order valence-electron chi connectivity index (χ1n) is 10.7. The molecule has 2 N–H and O–H groups in total. The summed E-state index contributed by atoms with van der Waals surface area (Å²) < 4.78 is 38.2. The lowest BCUT2D eigenvalue weighted by atomic mass is 9.99. The quantitative estimate of drug-likeness (QED) is 0.411. The predicted octanol–water partition coefficient (Wildman–Crippen LogP) is 6.81. The van der Waals surface area contributed by atoms with Crippen molar-refractivity contribution in [2.45, 2.75) is 25.9 Å². The van der Waals surface area contributed by atoms with Gasteiger partial charge in [-0.2, -0.15) is 13.2 Å². The van der Waals surface area contributed by atoms with Crippen LogP contribution in [0.2, 0.25) is 10.0 Å². The molecule has 2 aromatic rings. The Kier molecular flexibility index (Phi) is 8.68. The number of nitrogens with one attached hydrogen (secondary N) is 2. The fourth-order valence-electron chi connectivity index (χ4n) is 3.56. The standard InChI is InChI=1S/C24H26Cl2F3N3O/c1-16-8-11-32(12-9-16)13-10-30-22-6-5-19(15-21(22)26)31-23(33)7-3-17-2-4-18(14-20(17)25)24(27,28)29/h2-7,14-16,30H,8-13H2,1H3,(H,31,33)/b7-3+. The summed E-state index contributed by atoms with van der Waals surface area (Å²) >= 11 is 12.2. The summed E-state index contributed by atoms with van der Waals surface area (Å²) in [7, 11) is 0. The molecule has 0 saturated carbocycles. The molecular formula is C24H26Cl2F3N3O.